The molecule has 2 bridgehead atoms. The Hall–Kier alpha value is -2.96. The molecular weight excluding hydrogens is 396 g/mol. The SMILES string of the molecule is C[C@@H](c1cccc(C(N)=O)c1)N1C(=O)[C@@H]2CC1CN2C[C@H](N)C(=O)N1CCC[C@H]1C#N. The molecule has 1 aromatic carbocycles. The molecule has 3 amide bonds. The average Bonchev–Trinajstić information content (AvgIpc) is 3.47. The molecule has 0 spiro atoms. The van der Waals surface area contributed by atoms with E-state index in [4.69, 9.17) is 11.5 Å². The summed E-state index contributed by atoms with van der Waals surface area (Å²) in [7, 11) is 0. The Morgan fingerprint density at radius 1 is 1.35 bits per heavy atom. The lowest BCUT2D eigenvalue weighted by Gasteiger charge is -2.38. The van der Waals surface area contributed by atoms with E-state index in [1.807, 2.05) is 22.8 Å². The van der Waals surface area contributed by atoms with Gasteiger partial charge in [-0.05, 0) is 43.9 Å². The Kier molecular flexibility index (Phi) is 5.69. The van der Waals surface area contributed by atoms with Crippen molar-refractivity contribution in [2.45, 2.75) is 56.4 Å². The number of nitriles is 1. The minimum atomic E-state index is -0.751. The molecule has 3 fully saturated rings. The predicted octanol–water partition coefficient (Wildman–Crippen LogP) is -0.0265. The highest BCUT2D eigenvalue weighted by molar-refractivity contribution is 5.93. The third-order valence-corrected chi connectivity index (χ3v) is 6.82. The molecule has 5 atom stereocenters. The summed E-state index contributed by atoms with van der Waals surface area (Å²) in [4.78, 5) is 42.8. The molecule has 3 aliphatic rings. The monoisotopic (exact) mass is 424 g/mol. The number of fused-ring (bicyclic) bond motifs is 2. The first kappa shape index (κ1) is 21.3. The quantitative estimate of drug-likeness (QED) is 0.658. The van der Waals surface area contributed by atoms with Crippen LogP contribution in [-0.4, -0.2) is 76.2 Å². The van der Waals surface area contributed by atoms with E-state index in [9.17, 15) is 19.6 Å². The maximum Gasteiger partial charge on any atom is 0.248 e. The van der Waals surface area contributed by atoms with Crippen LogP contribution in [-0.2, 0) is 9.59 Å². The van der Waals surface area contributed by atoms with E-state index < -0.39 is 18.0 Å². The van der Waals surface area contributed by atoms with Crippen molar-refractivity contribution in [2.24, 2.45) is 11.5 Å². The smallest absolute Gasteiger partial charge is 0.248 e. The summed E-state index contributed by atoms with van der Waals surface area (Å²) in [6.45, 7) is 3.47. The summed E-state index contributed by atoms with van der Waals surface area (Å²) >= 11 is 0. The molecule has 31 heavy (non-hydrogen) atoms. The molecule has 9 nitrogen and oxygen atoms in total. The lowest BCUT2D eigenvalue weighted by atomic mass is 10.0. The van der Waals surface area contributed by atoms with Crippen molar-refractivity contribution in [1.29, 1.82) is 5.26 Å². The molecule has 3 saturated heterocycles. The molecule has 3 heterocycles. The van der Waals surface area contributed by atoms with Crippen LogP contribution >= 0.6 is 0 Å². The van der Waals surface area contributed by atoms with Gasteiger partial charge in [0.15, 0.2) is 0 Å². The number of carbonyl (C=O) groups is 3. The Labute approximate surface area is 181 Å². The van der Waals surface area contributed by atoms with Gasteiger partial charge in [-0.1, -0.05) is 12.1 Å². The molecule has 0 radical (unpaired) electrons. The van der Waals surface area contributed by atoms with Gasteiger partial charge < -0.3 is 21.3 Å². The van der Waals surface area contributed by atoms with Gasteiger partial charge in [0.05, 0.1) is 24.2 Å². The third-order valence-electron chi connectivity index (χ3n) is 6.82. The normalized spacial score (nSPS) is 27.4. The summed E-state index contributed by atoms with van der Waals surface area (Å²) in [5.41, 5.74) is 12.9. The average molecular weight is 425 g/mol. The Morgan fingerprint density at radius 2 is 2.13 bits per heavy atom. The molecule has 0 saturated carbocycles. The fraction of sp³-hybridized carbons (Fsp3) is 0.545. The summed E-state index contributed by atoms with van der Waals surface area (Å²) in [6, 6.07) is 7.64. The maximum atomic E-state index is 13.1. The minimum absolute atomic E-state index is 0.0175. The summed E-state index contributed by atoms with van der Waals surface area (Å²) < 4.78 is 0. The van der Waals surface area contributed by atoms with Gasteiger partial charge in [0.1, 0.15) is 6.04 Å². The number of nitrogens with two attached hydrogens (primary N) is 2. The lowest BCUT2D eigenvalue weighted by molar-refractivity contribution is -0.140. The molecule has 164 valence electrons. The zero-order valence-corrected chi connectivity index (χ0v) is 17.6. The topological polar surface area (TPSA) is 137 Å². The van der Waals surface area contributed by atoms with E-state index in [-0.39, 0.29) is 29.9 Å². The number of piperazine rings is 1. The number of nitrogens with zero attached hydrogens (tertiary/aromatic N) is 4. The fourth-order valence-electron chi connectivity index (χ4n) is 5.22. The van der Waals surface area contributed by atoms with Gasteiger partial charge in [0.2, 0.25) is 17.7 Å². The highest BCUT2D eigenvalue weighted by atomic mass is 16.2. The van der Waals surface area contributed by atoms with Crippen molar-refractivity contribution in [1.82, 2.24) is 14.7 Å². The highest BCUT2D eigenvalue weighted by Crippen LogP contribution is 2.38. The maximum absolute atomic E-state index is 13.1. The molecule has 1 unspecified atom stereocenters. The van der Waals surface area contributed by atoms with Crippen LogP contribution in [0.4, 0.5) is 0 Å². The van der Waals surface area contributed by atoms with Crippen molar-refractivity contribution >= 4 is 17.7 Å². The number of primary amides is 1. The van der Waals surface area contributed by atoms with E-state index in [1.54, 1.807) is 23.1 Å². The molecule has 4 N–H and O–H groups in total. The van der Waals surface area contributed by atoms with Crippen LogP contribution in [0.1, 0.15) is 48.1 Å². The third kappa shape index (κ3) is 3.77. The van der Waals surface area contributed by atoms with E-state index in [2.05, 4.69) is 6.07 Å². The summed E-state index contributed by atoms with van der Waals surface area (Å²) in [5.74, 6) is -0.693. The standard InChI is InChI=1S/C22H28N6O3/c1-13(14-4-2-5-15(8-14)20(25)29)28-17-9-19(22(28)31)26(11-17)12-18(24)21(30)27-7-3-6-16(27)10-23/h2,4-5,8,13,16-19H,3,6-7,9,11-12,24H2,1H3,(H2,25,29)/t13-,16-,17?,18-,19-/m0/s1. The van der Waals surface area contributed by atoms with Crippen LogP contribution < -0.4 is 11.5 Å². The number of benzene rings is 1. The van der Waals surface area contributed by atoms with Crippen LogP contribution in [0.3, 0.4) is 0 Å². The number of hydrogen-bond donors (Lipinski definition) is 2. The van der Waals surface area contributed by atoms with Gasteiger partial charge in [0, 0.05) is 31.2 Å². The number of carbonyl (C=O) groups excluding carboxylic acids is 3. The minimum Gasteiger partial charge on any atom is -0.366 e. The van der Waals surface area contributed by atoms with Gasteiger partial charge in [-0.15, -0.1) is 0 Å². The number of hydrogen-bond acceptors (Lipinski definition) is 6. The van der Waals surface area contributed by atoms with Crippen LogP contribution in [0.25, 0.3) is 0 Å². The molecule has 0 aliphatic carbocycles. The van der Waals surface area contributed by atoms with Gasteiger partial charge >= 0.3 is 0 Å². The molecule has 4 rings (SSSR count). The van der Waals surface area contributed by atoms with Crippen molar-refractivity contribution < 1.29 is 14.4 Å². The van der Waals surface area contributed by atoms with Gasteiger partial charge in [-0.25, -0.2) is 0 Å². The zero-order valence-electron chi connectivity index (χ0n) is 17.6. The molecular formula is C22H28N6O3. The van der Waals surface area contributed by atoms with Crippen LogP contribution in [0, 0.1) is 11.3 Å². The predicted molar refractivity (Wildman–Crippen MR) is 112 cm³/mol. The molecule has 1 aromatic rings. The van der Waals surface area contributed by atoms with E-state index in [0.29, 0.717) is 38.0 Å². The highest BCUT2D eigenvalue weighted by Gasteiger charge is 2.51. The Bertz CT molecular complexity index is 943. The first-order valence-electron chi connectivity index (χ1n) is 10.7. The second-order valence-corrected chi connectivity index (χ2v) is 8.70. The number of likely N-dealkylation sites (tertiary alicyclic amines) is 3. The number of amides is 3. The lowest BCUT2D eigenvalue weighted by Crippen LogP contribution is -2.56. The molecule has 0 aromatic heterocycles. The van der Waals surface area contributed by atoms with E-state index in [0.717, 1.165) is 12.0 Å². The second kappa shape index (κ2) is 8.29. The first-order chi connectivity index (χ1) is 14.8. The molecule has 3 aliphatic heterocycles. The van der Waals surface area contributed by atoms with Gasteiger partial charge in [-0.2, -0.15) is 5.26 Å². The second-order valence-electron chi connectivity index (χ2n) is 8.70. The van der Waals surface area contributed by atoms with Crippen molar-refractivity contribution in [3.8, 4) is 6.07 Å². The summed E-state index contributed by atoms with van der Waals surface area (Å²) in [5, 5.41) is 9.22. The van der Waals surface area contributed by atoms with Crippen molar-refractivity contribution in [2.75, 3.05) is 19.6 Å². The van der Waals surface area contributed by atoms with Crippen LogP contribution in [0.15, 0.2) is 24.3 Å². The van der Waals surface area contributed by atoms with Crippen molar-refractivity contribution in [3.05, 3.63) is 35.4 Å². The van der Waals surface area contributed by atoms with E-state index in [1.165, 1.54) is 0 Å². The van der Waals surface area contributed by atoms with Crippen LogP contribution in [0.2, 0.25) is 0 Å². The zero-order chi connectivity index (χ0) is 22.3. The Balaban J connectivity index is 1.41. The summed E-state index contributed by atoms with van der Waals surface area (Å²) in [6.07, 6.45) is 2.20. The van der Waals surface area contributed by atoms with Crippen LogP contribution in [0.5, 0.6) is 0 Å². The number of rotatable bonds is 6. The first-order valence-corrected chi connectivity index (χ1v) is 10.7. The molecule has 9 heteroatoms. The van der Waals surface area contributed by atoms with Gasteiger partial charge in [0.25, 0.3) is 0 Å². The largest absolute Gasteiger partial charge is 0.366 e. The van der Waals surface area contributed by atoms with Crippen molar-refractivity contribution in [3.63, 3.8) is 0 Å². The fourth-order valence-corrected chi connectivity index (χ4v) is 5.22. The Morgan fingerprint density at radius 3 is 2.81 bits per heavy atom. The van der Waals surface area contributed by atoms with Gasteiger partial charge in [-0.3, -0.25) is 19.3 Å². The van der Waals surface area contributed by atoms with E-state index >= 15 is 0 Å².